The van der Waals surface area contributed by atoms with Crippen molar-refractivity contribution in [2.45, 2.75) is 38.6 Å². The van der Waals surface area contributed by atoms with Gasteiger partial charge in [-0.1, -0.05) is 6.08 Å². The van der Waals surface area contributed by atoms with Crippen LogP contribution in [0.15, 0.2) is 18.7 Å². The standard InChI is InChI=1S/C19H28N6/c1-3-8-24-11-6-15(7-12-24)21-18-16-13-14(2)20-17(16)22-19(23-18)25-9-4-5-10-25/h3,13,15H,1,4-12H2,2H3,(H2,20,21,22,23). The third-order valence-electron chi connectivity index (χ3n) is 5.31. The smallest absolute Gasteiger partial charge is 0.229 e. The van der Waals surface area contributed by atoms with Crippen molar-refractivity contribution in [3.63, 3.8) is 0 Å². The van der Waals surface area contributed by atoms with Crippen LogP contribution in [0.5, 0.6) is 0 Å². The van der Waals surface area contributed by atoms with E-state index < -0.39 is 0 Å². The average molecular weight is 340 g/mol. The monoisotopic (exact) mass is 340 g/mol. The minimum atomic E-state index is 0.473. The van der Waals surface area contributed by atoms with Gasteiger partial charge in [-0.15, -0.1) is 6.58 Å². The highest BCUT2D eigenvalue weighted by atomic mass is 15.3. The van der Waals surface area contributed by atoms with Crippen molar-refractivity contribution in [1.82, 2.24) is 19.9 Å². The Kier molecular flexibility index (Phi) is 4.61. The highest BCUT2D eigenvalue weighted by Gasteiger charge is 2.22. The van der Waals surface area contributed by atoms with Gasteiger partial charge in [0.15, 0.2) is 0 Å². The summed E-state index contributed by atoms with van der Waals surface area (Å²) in [5, 5.41) is 4.82. The van der Waals surface area contributed by atoms with Crippen molar-refractivity contribution in [1.29, 1.82) is 0 Å². The number of H-pyrrole nitrogens is 1. The fourth-order valence-corrected chi connectivity index (χ4v) is 3.93. The maximum absolute atomic E-state index is 4.90. The number of piperidine rings is 1. The molecule has 2 aliphatic heterocycles. The molecule has 0 aromatic carbocycles. The molecule has 0 amide bonds. The number of nitrogens with one attached hydrogen (secondary N) is 2. The van der Waals surface area contributed by atoms with E-state index in [0.717, 1.165) is 74.1 Å². The topological polar surface area (TPSA) is 60.1 Å². The van der Waals surface area contributed by atoms with E-state index in [0.29, 0.717) is 6.04 Å². The highest BCUT2D eigenvalue weighted by molar-refractivity contribution is 5.89. The molecule has 0 saturated carbocycles. The van der Waals surface area contributed by atoms with Crippen LogP contribution in [0.4, 0.5) is 11.8 Å². The van der Waals surface area contributed by atoms with Crippen molar-refractivity contribution >= 4 is 22.8 Å². The van der Waals surface area contributed by atoms with Gasteiger partial charge in [-0.05, 0) is 38.7 Å². The second-order valence-corrected chi connectivity index (χ2v) is 7.29. The molecule has 2 aliphatic rings. The van der Waals surface area contributed by atoms with Gasteiger partial charge in [0, 0.05) is 44.5 Å². The van der Waals surface area contributed by atoms with Crippen LogP contribution >= 0.6 is 0 Å². The number of aromatic amines is 1. The number of anilines is 2. The van der Waals surface area contributed by atoms with Crippen LogP contribution < -0.4 is 10.2 Å². The van der Waals surface area contributed by atoms with Gasteiger partial charge in [-0.3, -0.25) is 4.90 Å². The quantitative estimate of drug-likeness (QED) is 0.820. The van der Waals surface area contributed by atoms with Crippen LogP contribution in [-0.2, 0) is 0 Å². The maximum Gasteiger partial charge on any atom is 0.229 e. The molecule has 4 heterocycles. The van der Waals surface area contributed by atoms with Crippen molar-refractivity contribution in [3.05, 3.63) is 24.4 Å². The Morgan fingerprint density at radius 1 is 1.24 bits per heavy atom. The number of likely N-dealkylation sites (tertiary alicyclic amines) is 1. The van der Waals surface area contributed by atoms with Crippen LogP contribution in [0.2, 0.25) is 0 Å². The van der Waals surface area contributed by atoms with E-state index in [1.807, 2.05) is 6.08 Å². The predicted molar refractivity (Wildman–Crippen MR) is 103 cm³/mol. The molecular formula is C19H28N6. The van der Waals surface area contributed by atoms with Gasteiger partial charge < -0.3 is 15.2 Å². The Morgan fingerprint density at radius 2 is 2.00 bits per heavy atom. The van der Waals surface area contributed by atoms with E-state index in [1.54, 1.807) is 0 Å². The zero-order valence-corrected chi connectivity index (χ0v) is 15.1. The lowest BCUT2D eigenvalue weighted by atomic mass is 10.0. The van der Waals surface area contributed by atoms with Crippen molar-refractivity contribution < 1.29 is 0 Å². The number of aromatic nitrogens is 3. The number of fused-ring (bicyclic) bond motifs is 1. The molecule has 2 fully saturated rings. The van der Waals surface area contributed by atoms with Gasteiger partial charge in [-0.25, -0.2) is 0 Å². The fraction of sp³-hybridized carbons (Fsp3) is 0.579. The summed E-state index contributed by atoms with van der Waals surface area (Å²) in [6, 6.07) is 2.62. The highest BCUT2D eigenvalue weighted by Crippen LogP contribution is 2.27. The molecule has 2 aromatic heterocycles. The number of rotatable bonds is 5. The fourth-order valence-electron chi connectivity index (χ4n) is 3.93. The number of aryl methyl sites for hydroxylation is 1. The third-order valence-corrected chi connectivity index (χ3v) is 5.31. The van der Waals surface area contributed by atoms with Crippen LogP contribution in [0.1, 0.15) is 31.4 Å². The maximum atomic E-state index is 4.90. The molecule has 0 spiro atoms. The van der Waals surface area contributed by atoms with E-state index in [4.69, 9.17) is 9.97 Å². The molecule has 6 nitrogen and oxygen atoms in total. The minimum Gasteiger partial charge on any atom is -0.367 e. The first-order valence-electron chi connectivity index (χ1n) is 9.45. The minimum absolute atomic E-state index is 0.473. The third kappa shape index (κ3) is 3.49. The van der Waals surface area contributed by atoms with Gasteiger partial charge in [0.25, 0.3) is 0 Å². The predicted octanol–water partition coefficient (Wildman–Crippen LogP) is 2.93. The lowest BCUT2D eigenvalue weighted by molar-refractivity contribution is 0.240. The number of hydrogen-bond acceptors (Lipinski definition) is 5. The Bertz CT molecular complexity index is 738. The molecule has 0 unspecified atom stereocenters. The average Bonchev–Trinajstić information content (AvgIpc) is 3.25. The van der Waals surface area contributed by atoms with Crippen LogP contribution in [0, 0.1) is 6.92 Å². The van der Waals surface area contributed by atoms with Crippen LogP contribution in [-0.4, -0.2) is 58.6 Å². The van der Waals surface area contributed by atoms with Crippen molar-refractivity contribution in [2.24, 2.45) is 0 Å². The molecule has 2 saturated heterocycles. The second-order valence-electron chi connectivity index (χ2n) is 7.29. The van der Waals surface area contributed by atoms with Crippen LogP contribution in [0.25, 0.3) is 11.0 Å². The normalized spacial score (nSPS) is 19.6. The SMILES string of the molecule is C=CCN1CCC(Nc2nc(N3CCCC3)nc3[nH]c(C)cc23)CC1. The molecule has 25 heavy (non-hydrogen) atoms. The van der Waals surface area contributed by atoms with E-state index >= 15 is 0 Å². The summed E-state index contributed by atoms with van der Waals surface area (Å²) in [5.74, 6) is 1.84. The van der Waals surface area contributed by atoms with Crippen molar-refractivity contribution in [3.8, 4) is 0 Å². The molecule has 0 bridgehead atoms. The first-order chi connectivity index (χ1) is 12.2. The summed E-state index contributed by atoms with van der Waals surface area (Å²) in [5.41, 5.74) is 2.08. The van der Waals surface area contributed by atoms with Gasteiger partial charge in [-0.2, -0.15) is 9.97 Å². The van der Waals surface area contributed by atoms with Gasteiger partial charge >= 0.3 is 0 Å². The van der Waals surface area contributed by atoms with E-state index in [1.165, 1.54) is 12.8 Å². The molecule has 2 N–H and O–H groups in total. The number of nitrogens with zero attached hydrogens (tertiary/aromatic N) is 4. The molecule has 0 radical (unpaired) electrons. The molecule has 0 atom stereocenters. The molecule has 2 aromatic rings. The van der Waals surface area contributed by atoms with Crippen LogP contribution in [0.3, 0.4) is 0 Å². The summed E-state index contributed by atoms with van der Waals surface area (Å²) in [6.07, 6.45) is 6.74. The zero-order valence-electron chi connectivity index (χ0n) is 15.1. The first kappa shape index (κ1) is 16.4. The van der Waals surface area contributed by atoms with E-state index in [-0.39, 0.29) is 0 Å². The largest absolute Gasteiger partial charge is 0.367 e. The second kappa shape index (κ2) is 7.04. The number of hydrogen-bond donors (Lipinski definition) is 2. The first-order valence-corrected chi connectivity index (χ1v) is 9.45. The molecule has 4 rings (SSSR count). The molecule has 0 aliphatic carbocycles. The van der Waals surface area contributed by atoms with Gasteiger partial charge in [0.1, 0.15) is 11.5 Å². The zero-order chi connectivity index (χ0) is 17.2. The lowest BCUT2D eigenvalue weighted by Crippen LogP contribution is -2.39. The van der Waals surface area contributed by atoms with Gasteiger partial charge in [0.05, 0.1) is 5.39 Å². The van der Waals surface area contributed by atoms with Gasteiger partial charge in [0.2, 0.25) is 5.95 Å². The Balaban J connectivity index is 1.56. The molecule has 134 valence electrons. The summed E-state index contributed by atoms with van der Waals surface area (Å²) in [7, 11) is 0. The Morgan fingerprint density at radius 3 is 2.72 bits per heavy atom. The molecular weight excluding hydrogens is 312 g/mol. The van der Waals surface area contributed by atoms with Crippen molar-refractivity contribution in [2.75, 3.05) is 42.9 Å². The summed E-state index contributed by atoms with van der Waals surface area (Å²) in [4.78, 5) is 17.8. The van der Waals surface area contributed by atoms with E-state index in [2.05, 4.69) is 39.7 Å². The Hall–Kier alpha value is -2.08. The summed E-state index contributed by atoms with van der Waals surface area (Å²) in [6.45, 7) is 11.3. The Labute approximate surface area is 149 Å². The summed E-state index contributed by atoms with van der Waals surface area (Å²) < 4.78 is 0. The molecule has 6 heteroatoms. The van der Waals surface area contributed by atoms with E-state index in [9.17, 15) is 0 Å². The lowest BCUT2D eigenvalue weighted by Gasteiger charge is -2.32. The summed E-state index contributed by atoms with van der Waals surface area (Å²) >= 11 is 0.